The molecule has 3 atom stereocenters. The average molecular weight is 265 g/mol. The predicted octanol–water partition coefficient (Wildman–Crippen LogP) is 4.72. The third-order valence-electron chi connectivity index (χ3n) is 6.54. The minimum absolute atomic E-state index is 0.492. The van der Waals surface area contributed by atoms with Crippen LogP contribution >= 0.6 is 0 Å². The Morgan fingerprint density at radius 2 is 1.63 bits per heavy atom. The van der Waals surface area contributed by atoms with Crippen molar-refractivity contribution in [1.29, 1.82) is 0 Å². The minimum atomic E-state index is 0.492. The van der Waals surface area contributed by atoms with Gasteiger partial charge in [0.15, 0.2) is 0 Å². The number of rotatable bonds is 5. The van der Waals surface area contributed by atoms with Crippen LogP contribution in [0.3, 0.4) is 0 Å². The molecule has 2 saturated carbocycles. The van der Waals surface area contributed by atoms with E-state index in [-0.39, 0.29) is 0 Å². The zero-order valence-electron chi connectivity index (χ0n) is 14.2. The Morgan fingerprint density at radius 1 is 1.05 bits per heavy atom. The molecule has 19 heavy (non-hydrogen) atoms. The number of nitrogens with one attached hydrogen (secondary N) is 1. The quantitative estimate of drug-likeness (QED) is 0.758. The molecule has 2 rings (SSSR count). The van der Waals surface area contributed by atoms with Crippen LogP contribution in [0.1, 0.15) is 67.7 Å². The maximum Gasteiger partial charge on any atom is 0.0175 e. The maximum absolute atomic E-state index is 4.01. The van der Waals surface area contributed by atoms with Crippen molar-refractivity contribution in [1.82, 2.24) is 5.32 Å². The van der Waals surface area contributed by atoms with E-state index < -0.39 is 0 Å². The summed E-state index contributed by atoms with van der Waals surface area (Å²) in [6, 6.07) is 0.721. The van der Waals surface area contributed by atoms with Gasteiger partial charge in [0.25, 0.3) is 0 Å². The molecule has 2 aliphatic carbocycles. The van der Waals surface area contributed by atoms with Crippen LogP contribution in [0.2, 0.25) is 0 Å². The molecule has 0 aromatic rings. The molecule has 0 aromatic carbocycles. The number of hydrogen-bond donors (Lipinski definition) is 1. The van der Waals surface area contributed by atoms with Gasteiger partial charge in [-0.25, -0.2) is 0 Å². The molecule has 1 N–H and O–H groups in total. The molecular weight excluding hydrogens is 230 g/mol. The summed E-state index contributed by atoms with van der Waals surface area (Å²) in [5.41, 5.74) is 1.05. The number of fused-ring (bicyclic) bond motifs is 2. The van der Waals surface area contributed by atoms with Crippen LogP contribution in [0.5, 0.6) is 0 Å². The van der Waals surface area contributed by atoms with Crippen molar-refractivity contribution in [2.24, 2.45) is 34.5 Å². The Hall–Kier alpha value is -0.0400. The van der Waals surface area contributed by atoms with Gasteiger partial charge in [-0.3, -0.25) is 0 Å². The van der Waals surface area contributed by atoms with Crippen molar-refractivity contribution in [2.75, 3.05) is 6.54 Å². The Kier molecular flexibility index (Phi) is 4.09. The molecule has 0 aliphatic heterocycles. The first-order valence-electron chi connectivity index (χ1n) is 8.42. The van der Waals surface area contributed by atoms with Crippen molar-refractivity contribution in [2.45, 2.75) is 73.8 Å². The fraction of sp³-hybridized carbons (Fsp3) is 1.00. The third kappa shape index (κ3) is 2.60. The van der Waals surface area contributed by atoms with Crippen LogP contribution in [0.15, 0.2) is 0 Å². The van der Waals surface area contributed by atoms with Gasteiger partial charge >= 0.3 is 0 Å². The van der Waals surface area contributed by atoms with Gasteiger partial charge in [0.1, 0.15) is 0 Å². The molecule has 0 aromatic heterocycles. The highest BCUT2D eigenvalue weighted by molar-refractivity contribution is 5.12. The molecule has 1 unspecified atom stereocenters. The second-order valence-corrected chi connectivity index (χ2v) is 8.91. The Balaban J connectivity index is 2.03. The smallest absolute Gasteiger partial charge is 0.0175 e. The summed E-state index contributed by atoms with van der Waals surface area (Å²) in [6.07, 6.45) is 4.35. The van der Waals surface area contributed by atoms with Crippen LogP contribution in [0, 0.1) is 34.5 Å². The summed E-state index contributed by atoms with van der Waals surface area (Å²) >= 11 is 0. The van der Waals surface area contributed by atoms with Gasteiger partial charge in [-0.2, -0.15) is 0 Å². The highest BCUT2D eigenvalue weighted by atomic mass is 15.0. The third-order valence-corrected chi connectivity index (χ3v) is 6.54. The summed E-state index contributed by atoms with van der Waals surface area (Å²) in [7, 11) is 0. The lowest BCUT2D eigenvalue weighted by Gasteiger charge is -2.44. The largest absolute Gasteiger partial charge is 0.313 e. The molecule has 0 amide bonds. The molecule has 2 fully saturated rings. The lowest BCUT2D eigenvalue weighted by molar-refractivity contribution is 0.0981. The fourth-order valence-corrected chi connectivity index (χ4v) is 5.31. The molecule has 0 saturated heterocycles. The van der Waals surface area contributed by atoms with Crippen molar-refractivity contribution >= 4 is 0 Å². The molecule has 112 valence electrons. The first-order valence-corrected chi connectivity index (χ1v) is 8.42. The maximum atomic E-state index is 4.01. The molecular formula is C18H35N. The van der Waals surface area contributed by atoms with E-state index in [4.69, 9.17) is 0 Å². The summed E-state index contributed by atoms with van der Waals surface area (Å²) in [4.78, 5) is 0. The number of hydrogen-bond acceptors (Lipinski definition) is 1. The summed E-state index contributed by atoms with van der Waals surface area (Å²) in [5.74, 6) is 3.31. The first-order chi connectivity index (χ1) is 8.68. The van der Waals surface area contributed by atoms with E-state index >= 15 is 0 Å². The SMILES string of the molecule is CC(C)C(CNC1C(C)(C)[C@H]2CC[C@]1(C)C2)C(C)C. The first kappa shape index (κ1) is 15.4. The van der Waals surface area contributed by atoms with E-state index in [1.54, 1.807) is 0 Å². The zero-order valence-corrected chi connectivity index (χ0v) is 14.2. The summed E-state index contributed by atoms with van der Waals surface area (Å²) in [5, 5.41) is 4.01. The molecule has 2 bridgehead atoms. The molecule has 0 heterocycles. The molecule has 0 radical (unpaired) electrons. The van der Waals surface area contributed by atoms with E-state index in [1.165, 1.54) is 25.8 Å². The Morgan fingerprint density at radius 3 is 2.05 bits per heavy atom. The lowest BCUT2D eigenvalue weighted by Crippen LogP contribution is -2.52. The van der Waals surface area contributed by atoms with E-state index in [0.29, 0.717) is 10.8 Å². The predicted molar refractivity (Wildman–Crippen MR) is 84.2 cm³/mol. The van der Waals surface area contributed by atoms with Gasteiger partial charge in [0.2, 0.25) is 0 Å². The normalized spacial score (nSPS) is 36.9. The van der Waals surface area contributed by atoms with Crippen molar-refractivity contribution in [3.63, 3.8) is 0 Å². The fourth-order valence-electron chi connectivity index (χ4n) is 5.31. The van der Waals surface area contributed by atoms with E-state index in [2.05, 4.69) is 53.8 Å². The van der Waals surface area contributed by atoms with Crippen LogP contribution in [-0.2, 0) is 0 Å². The topological polar surface area (TPSA) is 12.0 Å². The average Bonchev–Trinajstić information content (AvgIpc) is 2.73. The van der Waals surface area contributed by atoms with Gasteiger partial charge < -0.3 is 5.32 Å². The van der Waals surface area contributed by atoms with Gasteiger partial charge in [0, 0.05) is 6.04 Å². The lowest BCUT2D eigenvalue weighted by atomic mass is 9.68. The van der Waals surface area contributed by atoms with E-state index in [9.17, 15) is 0 Å². The summed E-state index contributed by atoms with van der Waals surface area (Å²) < 4.78 is 0. The van der Waals surface area contributed by atoms with E-state index in [0.717, 1.165) is 29.7 Å². The summed E-state index contributed by atoms with van der Waals surface area (Å²) in [6.45, 7) is 18.2. The van der Waals surface area contributed by atoms with Gasteiger partial charge in [-0.05, 0) is 60.3 Å². The van der Waals surface area contributed by atoms with Gasteiger partial charge in [0.05, 0.1) is 0 Å². The molecule has 0 spiro atoms. The van der Waals surface area contributed by atoms with Crippen molar-refractivity contribution in [3.8, 4) is 0 Å². The van der Waals surface area contributed by atoms with Crippen LogP contribution < -0.4 is 5.32 Å². The van der Waals surface area contributed by atoms with Gasteiger partial charge in [-0.1, -0.05) is 48.5 Å². The second kappa shape index (κ2) is 5.06. The zero-order chi connectivity index (χ0) is 14.4. The standard InChI is InChI=1S/C18H35N/c1-12(2)15(13(3)4)11-19-16-17(5,6)14-8-9-18(16,7)10-14/h12-16,19H,8-11H2,1-7H3/t14-,16?,18+/m0/s1. The van der Waals surface area contributed by atoms with Crippen LogP contribution in [-0.4, -0.2) is 12.6 Å². The van der Waals surface area contributed by atoms with Crippen LogP contribution in [0.4, 0.5) is 0 Å². The van der Waals surface area contributed by atoms with E-state index in [1.807, 2.05) is 0 Å². The molecule has 2 aliphatic rings. The Labute approximate surface area is 120 Å². The molecule has 1 heteroatoms. The molecule has 1 nitrogen and oxygen atoms in total. The highest BCUT2D eigenvalue weighted by Crippen LogP contribution is 2.62. The monoisotopic (exact) mass is 265 g/mol. The van der Waals surface area contributed by atoms with Crippen LogP contribution in [0.25, 0.3) is 0 Å². The Bertz CT molecular complexity index is 305. The van der Waals surface area contributed by atoms with Crippen molar-refractivity contribution < 1.29 is 0 Å². The van der Waals surface area contributed by atoms with Gasteiger partial charge in [-0.15, -0.1) is 0 Å². The highest BCUT2D eigenvalue weighted by Gasteiger charge is 2.58. The second-order valence-electron chi connectivity index (χ2n) is 8.91. The van der Waals surface area contributed by atoms with Crippen molar-refractivity contribution in [3.05, 3.63) is 0 Å². The minimum Gasteiger partial charge on any atom is -0.313 e.